The lowest BCUT2D eigenvalue weighted by atomic mass is 9.35. The van der Waals surface area contributed by atoms with Crippen LogP contribution in [0, 0.1) is 56.7 Å². The summed E-state index contributed by atoms with van der Waals surface area (Å²) >= 11 is 0. The van der Waals surface area contributed by atoms with E-state index in [9.17, 15) is 9.59 Å². The Morgan fingerprint density at radius 3 is 2.08 bits per heavy atom. The summed E-state index contributed by atoms with van der Waals surface area (Å²) in [7, 11) is 0. The van der Waals surface area contributed by atoms with Gasteiger partial charge in [-0.15, -0.1) is 0 Å². The highest BCUT2D eigenvalue weighted by Gasteiger charge is 2.69. The molecule has 0 saturated heterocycles. The van der Waals surface area contributed by atoms with Crippen LogP contribution in [-0.2, 0) is 19.1 Å². The molecule has 0 aromatic heterocycles. The van der Waals surface area contributed by atoms with Crippen LogP contribution in [0.25, 0.3) is 0 Å². The minimum absolute atomic E-state index is 0.0651. The number of ether oxygens (including phenoxy) is 2. The lowest BCUT2D eigenvalue weighted by Gasteiger charge is -2.69. The van der Waals surface area contributed by atoms with Gasteiger partial charge in [0.2, 0.25) is 0 Å². The van der Waals surface area contributed by atoms with Crippen molar-refractivity contribution in [2.24, 2.45) is 56.7 Å². The molecule has 5 rings (SSSR count). The van der Waals surface area contributed by atoms with E-state index in [0.29, 0.717) is 22.7 Å². The average Bonchev–Trinajstić information content (AvgIpc) is 3.15. The van der Waals surface area contributed by atoms with Gasteiger partial charge in [0.15, 0.2) is 0 Å². The number of carbonyl (C=O) groups is 2. The van der Waals surface area contributed by atoms with Crippen molar-refractivity contribution in [2.75, 3.05) is 0 Å². The number of carbonyl (C=O) groups excluding carboxylic acids is 2. The molecule has 0 aliphatic heterocycles. The lowest BCUT2D eigenvalue weighted by Crippen LogP contribution is -2.64. The van der Waals surface area contributed by atoms with E-state index < -0.39 is 12.2 Å². The Bertz CT molecular complexity index is 1030. The molecule has 4 heteroatoms. The summed E-state index contributed by atoms with van der Waals surface area (Å²) in [4.78, 5) is 24.4. The first-order valence-electron chi connectivity index (χ1n) is 15.6. The summed E-state index contributed by atoms with van der Waals surface area (Å²) in [6.45, 7) is 22.7. The van der Waals surface area contributed by atoms with Gasteiger partial charge in [-0.1, -0.05) is 67.0 Å². The highest BCUT2D eigenvalue weighted by molar-refractivity contribution is 5.67. The second kappa shape index (κ2) is 8.84. The van der Waals surface area contributed by atoms with Gasteiger partial charge in [-0.2, -0.15) is 0 Å². The Hall–Kier alpha value is -1.32. The van der Waals surface area contributed by atoms with Crippen LogP contribution >= 0.6 is 0 Å². The van der Waals surface area contributed by atoms with Crippen molar-refractivity contribution in [2.45, 2.75) is 133 Å². The molecule has 0 radical (unpaired) electrons. The van der Waals surface area contributed by atoms with Gasteiger partial charge in [-0.05, 0) is 103 Å². The minimum atomic E-state index is -0.412. The van der Waals surface area contributed by atoms with E-state index in [1.807, 2.05) is 0 Å². The second-order valence-corrected chi connectivity index (χ2v) is 16.0. The van der Waals surface area contributed by atoms with Gasteiger partial charge in [0.05, 0.1) is 0 Å². The van der Waals surface area contributed by atoms with Crippen LogP contribution in [0.5, 0.6) is 0 Å². The van der Waals surface area contributed by atoms with Crippen LogP contribution in [0.15, 0.2) is 11.6 Å². The third-order valence-electron chi connectivity index (χ3n) is 13.7. The van der Waals surface area contributed by atoms with Crippen molar-refractivity contribution in [3.63, 3.8) is 0 Å². The van der Waals surface area contributed by atoms with Crippen molar-refractivity contribution in [1.82, 2.24) is 0 Å². The number of rotatable bonds is 3. The van der Waals surface area contributed by atoms with Crippen molar-refractivity contribution in [3.05, 3.63) is 11.6 Å². The van der Waals surface area contributed by atoms with Gasteiger partial charge >= 0.3 is 11.9 Å². The molecule has 10 atom stereocenters. The van der Waals surface area contributed by atoms with E-state index in [2.05, 4.69) is 61.5 Å². The topological polar surface area (TPSA) is 52.6 Å². The first-order valence-corrected chi connectivity index (χ1v) is 15.6. The summed E-state index contributed by atoms with van der Waals surface area (Å²) in [5.74, 6) is 2.76. The molecule has 214 valence electrons. The van der Waals surface area contributed by atoms with Crippen LogP contribution < -0.4 is 0 Å². The molecule has 4 saturated carbocycles. The maximum absolute atomic E-state index is 12.2. The molecule has 10 unspecified atom stereocenters. The van der Waals surface area contributed by atoms with Crippen LogP contribution in [0.4, 0.5) is 0 Å². The largest absolute Gasteiger partial charge is 0.459 e. The van der Waals surface area contributed by atoms with Crippen molar-refractivity contribution >= 4 is 11.9 Å². The fraction of sp³-hybridized carbons (Fsp3) is 0.882. The zero-order chi connectivity index (χ0) is 28.1. The Morgan fingerprint density at radius 2 is 1.47 bits per heavy atom. The molecule has 0 bridgehead atoms. The molecule has 0 aromatic rings. The number of allylic oxidation sites excluding steroid dienone is 2. The van der Waals surface area contributed by atoms with Crippen LogP contribution in [0.2, 0.25) is 0 Å². The molecule has 5 aliphatic rings. The van der Waals surface area contributed by atoms with Gasteiger partial charge < -0.3 is 9.47 Å². The lowest BCUT2D eigenvalue weighted by molar-refractivity contribution is -0.212. The number of esters is 2. The molecule has 4 fully saturated rings. The summed E-state index contributed by atoms with van der Waals surface area (Å²) in [5.41, 5.74) is 2.34. The smallest absolute Gasteiger partial charge is 0.303 e. The third kappa shape index (κ3) is 3.66. The first kappa shape index (κ1) is 28.2. The average molecular weight is 527 g/mol. The van der Waals surface area contributed by atoms with Gasteiger partial charge in [0, 0.05) is 19.3 Å². The zero-order valence-electron chi connectivity index (χ0n) is 25.9. The number of fused-ring (bicyclic) bond motifs is 7. The molecule has 38 heavy (non-hydrogen) atoms. The van der Waals surface area contributed by atoms with Crippen LogP contribution in [0.3, 0.4) is 0 Å². The van der Waals surface area contributed by atoms with E-state index in [4.69, 9.17) is 9.47 Å². The number of hydrogen-bond donors (Lipinski definition) is 0. The number of hydrogen-bond acceptors (Lipinski definition) is 4. The van der Waals surface area contributed by atoms with Crippen LogP contribution in [0.1, 0.15) is 121 Å². The highest BCUT2D eigenvalue weighted by atomic mass is 16.6. The summed E-state index contributed by atoms with van der Waals surface area (Å²) in [6.07, 6.45) is 11.5. The van der Waals surface area contributed by atoms with Gasteiger partial charge in [-0.3, -0.25) is 9.59 Å². The first-order chi connectivity index (χ1) is 17.5. The molecule has 0 heterocycles. The molecule has 0 spiro atoms. The van der Waals surface area contributed by atoms with E-state index >= 15 is 0 Å². The molecule has 0 amide bonds. The molecular formula is C34H54O4. The molecule has 4 nitrogen and oxygen atoms in total. The predicted octanol–water partition coefficient (Wildman–Crippen LogP) is 8.14. The van der Waals surface area contributed by atoms with Crippen molar-refractivity contribution in [3.8, 4) is 0 Å². The predicted molar refractivity (Wildman–Crippen MR) is 151 cm³/mol. The quantitative estimate of drug-likeness (QED) is 0.275. The SMILES string of the molecule is CC(=O)OC1CC2(C)C3=CCC4(C)C5CCC(C(C)C)C5(C)CCC4(C)C3CCC2C(C)(C)C1OC(C)=O. The van der Waals surface area contributed by atoms with E-state index in [-0.39, 0.29) is 28.2 Å². The van der Waals surface area contributed by atoms with Gasteiger partial charge in [0.25, 0.3) is 0 Å². The minimum Gasteiger partial charge on any atom is -0.459 e. The van der Waals surface area contributed by atoms with Crippen LogP contribution in [-0.4, -0.2) is 24.1 Å². The molecule has 0 aromatic carbocycles. The molecule has 5 aliphatic carbocycles. The Morgan fingerprint density at radius 1 is 0.842 bits per heavy atom. The highest BCUT2D eigenvalue weighted by Crippen LogP contribution is 2.76. The summed E-state index contributed by atoms with van der Waals surface area (Å²) in [5, 5.41) is 0. The maximum atomic E-state index is 12.2. The normalized spacial score (nSPS) is 49.2. The van der Waals surface area contributed by atoms with Crippen molar-refractivity contribution < 1.29 is 19.1 Å². The van der Waals surface area contributed by atoms with E-state index in [1.165, 1.54) is 46.0 Å². The zero-order valence-corrected chi connectivity index (χ0v) is 25.9. The standard InChI is InChI=1S/C34H54O4/c1-20(2)23-11-14-28-31(23,7)17-18-33(9)25-12-13-27-30(5,6)29(38-22(4)36)26(37-21(3)35)19-32(27,8)24(25)15-16-34(28,33)10/h15,20,23,25-29H,11-14,16-19H2,1-10H3. The Kier molecular flexibility index (Phi) is 6.56. The Balaban J connectivity index is 1.55. The summed E-state index contributed by atoms with van der Waals surface area (Å²) < 4.78 is 11.9. The molecule has 0 N–H and O–H groups in total. The van der Waals surface area contributed by atoms with Crippen molar-refractivity contribution in [1.29, 1.82) is 0 Å². The third-order valence-corrected chi connectivity index (χ3v) is 13.7. The monoisotopic (exact) mass is 526 g/mol. The molecular weight excluding hydrogens is 472 g/mol. The fourth-order valence-corrected chi connectivity index (χ4v) is 12.1. The second-order valence-electron chi connectivity index (χ2n) is 16.0. The van der Waals surface area contributed by atoms with Gasteiger partial charge in [-0.25, -0.2) is 0 Å². The Labute approximate surface area is 232 Å². The maximum Gasteiger partial charge on any atom is 0.303 e. The summed E-state index contributed by atoms with van der Waals surface area (Å²) in [6, 6.07) is 0. The van der Waals surface area contributed by atoms with E-state index in [1.54, 1.807) is 5.57 Å². The fourth-order valence-electron chi connectivity index (χ4n) is 12.1. The van der Waals surface area contributed by atoms with Gasteiger partial charge in [0.1, 0.15) is 12.2 Å². The van der Waals surface area contributed by atoms with E-state index in [0.717, 1.165) is 37.0 Å².